The van der Waals surface area contributed by atoms with E-state index in [0.717, 1.165) is 11.3 Å². The van der Waals surface area contributed by atoms with Crippen LogP contribution in [0.25, 0.3) is 0 Å². The lowest BCUT2D eigenvalue weighted by Crippen LogP contribution is -2.28. The van der Waals surface area contributed by atoms with Crippen molar-refractivity contribution in [2.24, 2.45) is 0 Å². The third-order valence-electron chi connectivity index (χ3n) is 3.39. The summed E-state index contributed by atoms with van der Waals surface area (Å²) in [5.74, 6) is 0.839. The van der Waals surface area contributed by atoms with E-state index in [1.165, 1.54) is 24.3 Å². The summed E-state index contributed by atoms with van der Waals surface area (Å²) in [6, 6.07) is 12.9. The maximum atomic E-state index is 11.8. The van der Waals surface area contributed by atoms with Crippen LogP contribution in [0.3, 0.4) is 0 Å². The fourth-order valence-corrected chi connectivity index (χ4v) is 2.01. The lowest BCUT2D eigenvalue weighted by molar-refractivity contribution is -0.384. The molecule has 8 heteroatoms. The summed E-state index contributed by atoms with van der Waals surface area (Å²) in [7, 11) is 1.61. The Morgan fingerprint density at radius 1 is 1.00 bits per heavy atom. The number of ether oxygens (including phenoxy) is 3. The predicted octanol–water partition coefficient (Wildman–Crippen LogP) is 2.32. The second-order valence-corrected chi connectivity index (χ2v) is 5.30. The normalized spacial score (nSPS) is 10.2. The van der Waals surface area contributed by atoms with Gasteiger partial charge in [-0.1, -0.05) is 12.1 Å². The van der Waals surface area contributed by atoms with Crippen LogP contribution < -0.4 is 14.8 Å². The molecule has 0 saturated heterocycles. The third-order valence-corrected chi connectivity index (χ3v) is 3.39. The second-order valence-electron chi connectivity index (χ2n) is 5.30. The highest BCUT2D eigenvalue weighted by atomic mass is 16.6. The van der Waals surface area contributed by atoms with Crippen LogP contribution in [0.2, 0.25) is 0 Å². The molecule has 0 fully saturated rings. The van der Waals surface area contributed by atoms with Gasteiger partial charge in [0.05, 0.1) is 11.5 Å². The Hall–Kier alpha value is -3.13. The first-order valence-electron chi connectivity index (χ1n) is 7.93. The van der Waals surface area contributed by atoms with E-state index in [1.54, 1.807) is 7.11 Å². The number of nitrogens with one attached hydrogen (secondary N) is 1. The van der Waals surface area contributed by atoms with E-state index in [9.17, 15) is 14.9 Å². The number of amides is 1. The molecule has 2 rings (SSSR count). The molecule has 0 aromatic heterocycles. The number of rotatable bonds is 10. The molecule has 26 heavy (non-hydrogen) atoms. The van der Waals surface area contributed by atoms with Gasteiger partial charge in [-0.15, -0.1) is 0 Å². The van der Waals surface area contributed by atoms with Crippen LogP contribution in [-0.2, 0) is 16.1 Å². The highest BCUT2D eigenvalue weighted by Gasteiger charge is 2.06. The molecule has 2 aromatic rings. The number of nitrogens with zero attached hydrogens (tertiary/aromatic N) is 1. The second kappa shape index (κ2) is 10.00. The molecule has 0 aliphatic carbocycles. The highest BCUT2D eigenvalue weighted by Crippen LogP contribution is 2.17. The zero-order valence-corrected chi connectivity index (χ0v) is 14.3. The van der Waals surface area contributed by atoms with Crippen molar-refractivity contribution < 1.29 is 23.9 Å². The minimum Gasteiger partial charge on any atom is -0.491 e. The molecular formula is C18H20N2O6. The first-order valence-corrected chi connectivity index (χ1v) is 7.93. The zero-order chi connectivity index (χ0) is 18.8. The minimum absolute atomic E-state index is 0.0311. The van der Waals surface area contributed by atoms with Gasteiger partial charge >= 0.3 is 0 Å². The summed E-state index contributed by atoms with van der Waals surface area (Å²) in [6.45, 7) is 1.19. The summed E-state index contributed by atoms with van der Waals surface area (Å²) in [5.41, 5.74) is 0.893. The van der Waals surface area contributed by atoms with E-state index in [2.05, 4.69) is 5.32 Å². The van der Waals surface area contributed by atoms with Crippen molar-refractivity contribution in [2.75, 3.05) is 26.9 Å². The van der Waals surface area contributed by atoms with Crippen molar-refractivity contribution in [3.63, 3.8) is 0 Å². The quantitative estimate of drug-likeness (QED) is 0.396. The van der Waals surface area contributed by atoms with E-state index < -0.39 is 4.92 Å². The molecule has 138 valence electrons. The van der Waals surface area contributed by atoms with Crippen LogP contribution in [0.15, 0.2) is 48.5 Å². The number of nitro benzene ring substituents is 1. The molecule has 0 bridgehead atoms. The Bertz CT molecular complexity index is 715. The van der Waals surface area contributed by atoms with Crippen LogP contribution in [0.5, 0.6) is 11.5 Å². The van der Waals surface area contributed by atoms with Gasteiger partial charge < -0.3 is 19.5 Å². The average Bonchev–Trinajstić information content (AvgIpc) is 2.66. The first kappa shape index (κ1) is 19.2. The molecule has 0 radical (unpaired) electrons. The van der Waals surface area contributed by atoms with E-state index in [0.29, 0.717) is 25.5 Å². The number of non-ortho nitro benzene ring substituents is 1. The van der Waals surface area contributed by atoms with Crippen LogP contribution in [0.4, 0.5) is 5.69 Å². The lowest BCUT2D eigenvalue weighted by Gasteiger charge is -2.09. The standard InChI is InChI=1S/C18H20N2O6/c1-24-10-11-25-16-6-2-14(3-7-16)12-19-18(21)13-26-17-8-4-15(5-9-17)20(22)23/h2-9H,10-13H2,1H3,(H,19,21). The van der Waals surface area contributed by atoms with Crippen LogP contribution in [0, 0.1) is 10.1 Å². The largest absolute Gasteiger partial charge is 0.491 e. The van der Waals surface area contributed by atoms with Crippen LogP contribution in [-0.4, -0.2) is 37.8 Å². The number of carbonyl (C=O) groups excluding carboxylic acids is 1. The SMILES string of the molecule is COCCOc1ccc(CNC(=O)COc2ccc([N+](=O)[O-])cc2)cc1. The summed E-state index contributed by atoms with van der Waals surface area (Å²) in [5, 5.41) is 13.3. The van der Waals surface area contributed by atoms with Gasteiger partial charge in [0.1, 0.15) is 18.1 Å². The smallest absolute Gasteiger partial charge is 0.269 e. The number of hydrogen-bond donors (Lipinski definition) is 1. The molecule has 0 heterocycles. The van der Waals surface area contributed by atoms with Crippen LogP contribution in [0.1, 0.15) is 5.56 Å². The van der Waals surface area contributed by atoms with E-state index in [-0.39, 0.29) is 18.2 Å². The Morgan fingerprint density at radius 2 is 1.62 bits per heavy atom. The van der Waals surface area contributed by atoms with Crippen molar-refractivity contribution in [1.29, 1.82) is 0 Å². The van der Waals surface area contributed by atoms with Crippen molar-refractivity contribution in [3.05, 3.63) is 64.2 Å². The number of methoxy groups -OCH3 is 1. The molecule has 1 amide bonds. The number of hydrogen-bond acceptors (Lipinski definition) is 6. The average molecular weight is 360 g/mol. The monoisotopic (exact) mass is 360 g/mol. The zero-order valence-electron chi connectivity index (χ0n) is 14.3. The van der Waals surface area contributed by atoms with Gasteiger partial charge in [0.15, 0.2) is 6.61 Å². The van der Waals surface area contributed by atoms with Gasteiger partial charge in [0.2, 0.25) is 0 Å². The van der Waals surface area contributed by atoms with Gasteiger partial charge in [0.25, 0.3) is 11.6 Å². The molecule has 0 aliphatic heterocycles. The predicted molar refractivity (Wildman–Crippen MR) is 94.3 cm³/mol. The van der Waals surface area contributed by atoms with E-state index in [4.69, 9.17) is 14.2 Å². The lowest BCUT2D eigenvalue weighted by atomic mass is 10.2. The summed E-state index contributed by atoms with van der Waals surface area (Å²) in [6.07, 6.45) is 0. The van der Waals surface area contributed by atoms with Gasteiger partial charge in [-0.25, -0.2) is 0 Å². The number of benzene rings is 2. The molecule has 0 saturated carbocycles. The van der Waals surface area contributed by atoms with Gasteiger partial charge in [-0.05, 0) is 29.8 Å². The van der Waals surface area contributed by atoms with Crippen LogP contribution >= 0.6 is 0 Å². The molecule has 0 unspecified atom stereocenters. The van der Waals surface area contributed by atoms with Crippen molar-refractivity contribution in [3.8, 4) is 11.5 Å². The van der Waals surface area contributed by atoms with Gasteiger partial charge in [-0.2, -0.15) is 0 Å². The fourth-order valence-electron chi connectivity index (χ4n) is 2.01. The molecular weight excluding hydrogens is 340 g/mol. The summed E-state index contributed by atoms with van der Waals surface area (Å²) in [4.78, 5) is 21.9. The Morgan fingerprint density at radius 3 is 2.23 bits per heavy atom. The maximum absolute atomic E-state index is 11.8. The molecule has 1 N–H and O–H groups in total. The molecule has 2 aromatic carbocycles. The molecule has 0 atom stereocenters. The Kier molecular flexibility index (Phi) is 7.38. The van der Waals surface area contributed by atoms with E-state index in [1.807, 2.05) is 24.3 Å². The molecule has 8 nitrogen and oxygen atoms in total. The topological polar surface area (TPSA) is 99.9 Å². The first-order chi connectivity index (χ1) is 12.6. The minimum atomic E-state index is -0.496. The van der Waals surface area contributed by atoms with Crippen molar-refractivity contribution >= 4 is 11.6 Å². The summed E-state index contributed by atoms with van der Waals surface area (Å²) < 4.78 is 15.7. The van der Waals surface area contributed by atoms with Crippen molar-refractivity contribution in [1.82, 2.24) is 5.32 Å². The number of carbonyl (C=O) groups is 1. The maximum Gasteiger partial charge on any atom is 0.269 e. The fraction of sp³-hybridized carbons (Fsp3) is 0.278. The Labute approximate surface area is 150 Å². The summed E-state index contributed by atoms with van der Waals surface area (Å²) >= 11 is 0. The van der Waals surface area contributed by atoms with Gasteiger partial charge in [-0.3, -0.25) is 14.9 Å². The van der Waals surface area contributed by atoms with Gasteiger partial charge in [0, 0.05) is 25.8 Å². The molecule has 0 spiro atoms. The number of nitro groups is 1. The highest BCUT2D eigenvalue weighted by molar-refractivity contribution is 5.77. The van der Waals surface area contributed by atoms with Crippen molar-refractivity contribution in [2.45, 2.75) is 6.54 Å². The Balaban J connectivity index is 1.71. The third kappa shape index (κ3) is 6.40. The van der Waals surface area contributed by atoms with E-state index >= 15 is 0 Å². The molecule has 0 aliphatic rings.